The molecule has 0 aliphatic rings. The van der Waals surface area contributed by atoms with Gasteiger partial charge >= 0.3 is 0 Å². The van der Waals surface area contributed by atoms with Crippen molar-refractivity contribution < 1.29 is 5.11 Å². The summed E-state index contributed by atoms with van der Waals surface area (Å²) in [4.78, 5) is 7.68. The molecule has 0 fully saturated rings. The second kappa shape index (κ2) is 5.66. The number of nitrogens with one attached hydrogen (secondary N) is 1. The summed E-state index contributed by atoms with van der Waals surface area (Å²) < 4.78 is 0. The number of nitrogens with zero attached hydrogens (tertiary/aromatic N) is 2. The van der Waals surface area contributed by atoms with Crippen molar-refractivity contribution in [2.75, 3.05) is 11.9 Å². The predicted octanol–water partition coefficient (Wildman–Crippen LogP) is 2.75. The summed E-state index contributed by atoms with van der Waals surface area (Å²) in [6.07, 6.45) is 3.04. The highest BCUT2D eigenvalue weighted by molar-refractivity contribution is 6.33. The van der Waals surface area contributed by atoms with E-state index in [9.17, 15) is 5.11 Å². The fourth-order valence-electron chi connectivity index (χ4n) is 1.37. The van der Waals surface area contributed by atoms with Crippen molar-refractivity contribution in [2.24, 2.45) is 0 Å². The Morgan fingerprint density at radius 1 is 1.50 bits per heavy atom. The van der Waals surface area contributed by atoms with E-state index in [0.29, 0.717) is 23.8 Å². The molecule has 0 saturated heterocycles. The standard InChI is InChI=1S/C10H15Cl2N3O/c1-3-4-10(2,16)6-14-8-7(11)5-13-9(12)15-8/h5,16H,3-4,6H2,1-2H3,(H,13,14,15). The number of anilines is 1. The molecule has 6 heteroatoms. The van der Waals surface area contributed by atoms with Crippen molar-refractivity contribution in [3.05, 3.63) is 16.5 Å². The first-order chi connectivity index (χ1) is 7.44. The summed E-state index contributed by atoms with van der Waals surface area (Å²) in [5.74, 6) is 0.443. The Kier molecular flexibility index (Phi) is 4.77. The smallest absolute Gasteiger partial charge is 0.224 e. The van der Waals surface area contributed by atoms with Gasteiger partial charge < -0.3 is 10.4 Å². The minimum atomic E-state index is -0.782. The highest BCUT2D eigenvalue weighted by Crippen LogP contribution is 2.21. The molecule has 1 atom stereocenters. The van der Waals surface area contributed by atoms with Crippen LogP contribution in [0.1, 0.15) is 26.7 Å². The average molecular weight is 264 g/mol. The van der Waals surface area contributed by atoms with Gasteiger partial charge in [-0.2, -0.15) is 4.98 Å². The third kappa shape index (κ3) is 4.12. The third-order valence-electron chi connectivity index (χ3n) is 2.14. The van der Waals surface area contributed by atoms with Crippen molar-refractivity contribution in [1.29, 1.82) is 0 Å². The molecule has 1 heterocycles. The quantitative estimate of drug-likeness (QED) is 0.803. The van der Waals surface area contributed by atoms with Crippen molar-refractivity contribution in [1.82, 2.24) is 9.97 Å². The summed E-state index contributed by atoms with van der Waals surface area (Å²) >= 11 is 11.5. The Morgan fingerprint density at radius 2 is 2.19 bits per heavy atom. The van der Waals surface area contributed by atoms with E-state index in [2.05, 4.69) is 15.3 Å². The molecule has 1 rings (SSSR count). The normalized spacial score (nSPS) is 14.6. The Labute approximate surface area is 105 Å². The highest BCUT2D eigenvalue weighted by Gasteiger charge is 2.19. The number of hydrogen-bond acceptors (Lipinski definition) is 4. The predicted molar refractivity (Wildman–Crippen MR) is 66.1 cm³/mol. The van der Waals surface area contributed by atoms with Gasteiger partial charge in [-0.1, -0.05) is 24.9 Å². The van der Waals surface area contributed by atoms with Crippen LogP contribution in [0.4, 0.5) is 5.82 Å². The molecule has 0 bridgehead atoms. The lowest BCUT2D eigenvalue weighted by Crippen LogP contribution is -2.33. The largest absolute Gasteiger partial charge is 0.388 e. The number of rotatable bonds is 5. The van der Waals surface area contributed by atoms with Gasteiger partial charge in [-0.3, -0.25) is 0 Å². The average Bonchev–Trinajstić information content (AvgIpc) is 2.19. The maximum Gasteiger partial charge on any atom is 0.224 e. The van der Waals surface area contributed by atoms with Crippen LogP contribution in [0.15, 0.2) is 6.20 Å². The first kappa shape index (κ1) is 13.5. The van der Waals surface area contributed by atoms with Gasteiger partial charge in [0.1, 0.15) is 10.8 Å². The van der Waals surface area contributed by atoms with E-state index in [4.69, 9.17) is 23.2 Å². The van der Waals surface area contributed by atoms with E-state index in [1.807, 2.05) is 6.92 Å². The van der Waals surface area contributed by atoms with Gasteiger partial charge in [-0.15, -0.1) is 0 Å². The second-order valence-corrected chi connectivity index (χ2v) is 4.68. The molecule has 4 nitrogen and oxygen atoms in total. The van der Waals surface area contributed by atoms with E-state index in [-0.39, 0.29) is 5.28 Å². The van der Waals surface area contributed by atoms with E-state index in [0.717, 1.165) is 6.42 Å². The summed E-state index contributed by atoms with van der Waals surface area (Å²) in [5.41, 5.74) is -0.782. The molecular formula is C10H15Cl2N3O. The van der Waals surface area contributed by atoms with E-state index >= 15 is 0 Å². The minimum absolute atomic E-state index is 0.127. The van der Waals surface area contributed by atoms with E-state index in [1.165, 1.54) is 6.20 Å². The first-order valence-electron chi connectivity index (χ1n) is 5.09. The van der Waals surface area contributed by atoms with Gasteiger partial charge in [0.15, 0.2) is 0 Å². The van der Waals surface area contributed by atoms with Crippen molar-refractivity contribution >= 4 is 29.0 Å². The summed E-state index contributed by atoms with van der Waals surface area (Å²) in [5, 5.41) is 13.4. The van der Waals surface area contributed by atoms with Crippen LogP contribution in [0.5, 0.6) is 0 Å². The molecule has 0 spiro atoms. The molecule has 1 aromatic rings. The fourth-order valence-corrected chi connectivity index (χ4v) is 1.66. The molecule has 1 unspecified atom stereocenters. The van der Waals surface area contributed by atoms with E-state index < -0.39 is 5.60 Å². The molecule has 1 aromatic heterocycles. The van der Waals surface area contributed by atoms with Gasteiger partial charge in [-0.05, 0) is 24.9 Å². The SMILES string of the molecule is CCCC(C)(O)CNc1nc(Cl)ncc1Cl. The van der Waals surface area contributed by atoms with Crippen LogP contribution in [0, 0.1) is 0 Å². The van der Waals surface area contributed by atoms with Crippen molar-refractivity contribution in [3.63, 3.8) is 0 Å². The minimum Gasteiger partial charge on any atom is -0.388 e. The second-order valence-electron chi connectivity index (χ2n) is 3.94. The number of aliphatic hydroxyl groups is 1. The van der Waals surface area contributed by atoms with Crippen molar-refractivity contribution in [2.45, 2.75) is 32.3 Å². The number of halogens is 2. The molecule has 0 aliphatic heterocycles. The van der Waals surface area contributed by atoms with Crippen molar-refractivity contribution in [3.8, 4) is 0 Å². The van der Waals surface area contributed by atoms with Gasteiger partial charge in [0.05, 0.1) is 11.8 Å². The Balaban J connectivity index is 2.63. The Morgan fingerprint density at radius 3 is 2.81 bits per heavy atom. The maximum atomic E-state index is 9.95. The Hall–Kier alpha value is -0.580. The monoisotopic (exact) mass is 263 g/mol. The van der Waals surface area contributed by atoms with Gasteiger partial charge in [0.25, 0.3) is 0 Å². The van der Waals surface area contributed by atoms with Crippen LogP contribution in [0.3, 0.4) is 0 Å². The summed E-state index contributed by atoms with van der Waals surface area (Å²) in [7, 11) is 0. The lowest BCUT2D eigenvalue weighted by Gasteiger charge is -2.23. The van der Waals surface area contributed by atoms with E-state index in [1.54, 1.807) is 6.92 Å². The zero-order valence-electron chi connectivity index (χ0n) is 9.30. The van der Waals surface area contributed by atoms with Gasteiger partial charge in [-0.25, -0.2) is 4.98 Å². The van der Waals surface area contributed by atoms with Crippen LogP contribution < -0.4 is 5.32 Å². The zero-order chi connectivity index (χ0) is 12.2. The molecule has 0 saturated carbocycles. The zero-order valence-corrected chi connectivity index (χ0v) is 10.8. The molecule has 0 aromatic carbocycles. The number of aromatic nitrogens is 2. The maximum absolute atomic E-state index is 9.95. The summed E-state index contributed by atoms with van der Waals surface area (Å²) in [6, 6.07) is 0. The lowest BCUT2D eigenvalue weighted by molar-refractivity contribution is 0.0636. The lowest BCUT2D eigenvalue weighted by atomic mass is 10.0. The highest BCUT2D eigenvalue weighted by atomic mass is 35.5. The molecule has 16 heavy (non-hydrogen) atoms. The van der Waals surface area contributed by atoms with Gasteiger partial charge in [0.2, 0.25) is 5.28 Å². The topological polar surface area (TPSA) is 58.0 Å². The van der Waals surface area contributed by atoms with Crippen LogP contribution in [-0.2, 0) is 0 Å². The Bertz CT molecular complexity index is 358. The molecule has 2 N–H and O–H groups in total. The van der Waals surface area contributed by atoms with Crippen LogP contribution in [0.25, 0.3) is 0 Å². The fraction of sp³-hybridized carbons (Fsp3) is 0.600. The molecule has 0 amide bonds. The molecule has 0 aliphatic carbocycles. The van der Waals surface area contributed by atoms with Crippen LogP contribution in [0.2, 0.25) is 10.3 Å². The first-order valence-corrected chi connectivity index (χ1v) is 5.84. The van der Waals surface area contributed by atoms with Crippen LogP contribution >= 0.6 is 23.2 Å². The molecule has 0 radical (unpaired) electrons. The number of hydrogen-bond donors (Lipinski definition) is 2. The van der Waals surface area contributed by atoms with Gasteiger partial charge in [0, 0.05) is 6.54 Å². The molecule has 90 valence electrons. The third-order valence-corrected chi connectivity index (χ3v) is 2.60. The summed E-state index contributed by atoms with van der Waals surface area (Å²) in [6.45, 7) is 4.15. The molecular weight excluding hydrogens is 249 g/mol. The van der Waals surface area contributed by atoms with Crippen LogP contribution in [-0.4, -0.2) is 27.2 Å².